The molecule has 1 aromatic heterocycles. The largest absolute Gasteiger partial charge is 0.479 e. The molecule has 1 aliphatic heterocycles. The number of nitrogens with one attached hydrogen (secondary N) is 2. The Kier molecular flexibility index (Phi) is 5.02. The molecule has 6 nitrogen and oxygen atoms in total. The zero-order valence-corrected chi connectivity index (χ0v) is 15.8. The predicted octanol–water partition coefficient (Wildman–Crippen LogP) is 3.03. The van der Waals surface area contributed by atoms with Crippen molar-refractivity contribution in [3.05, 3.63) is 60.3 Å². The van der Waals surface area contributed by atoms with E-state index in [1.54, 1.807) is 11.8 Å². The first-order valence-electron chi connectivity index (χ1n) is 9.52. The number of amides is 2. The average molecular weight is 377 g/mol. The van der Waals surface area contributed by atoms with Gasteiger partial charge in [-0.25, -0.2) is 0 Å². The SMILES string of the molecule is C[C@@H]1Oc2ccccc2N(CCC(=O)NCCc2c[nH]c3ccccc23)C1=O. The summed E-state index contributed by atoms with van der Waals surface area (Å²) in [5.41, 5.74) is 3.00. The number of carbonyl (C=O) groups is 2. The predicted molar refractivity (Wildman–Crippen MR) is 109 cm³/mol. The van der Waals surface area contributed by atoms with E-state index < -0.39 is 6.10 Å². The van der Waals surface area contributed by atoms with E-state index in [-0.39, 0.29) is 18.2 Å². The van der Waals surface area contributed by atoms with Crippen LogP contribution in [0.25, 0.3) is 10.9 Å². The minimum absolute atomic E-state index is 0.0655. The summed E-state index contributed by atoms with van der Waals surface area (Å²) in [5.74, 6) is 0.490. The van der Waals surface area contributed by atoms with E-state index in [1.165, 1.54) is 10.9 Å². The number of anilines is 1. The Labute approximate surface area is 163 Å². The van der Waals surface area contributed by atoms with Crippen LogP contribution in [0.15, 0.2) is 54.7 Å². The minimum atomic E-state index is -0.542. The molecule has 0 aliphatic carbocycles. The topological polar surface area (TPSA) is 74.4 Å². The van der Waals surface area contributed by atoms with Crippen LogP contribution in [0.1, 0.15) is 18.9 Å². The van der Waals surface area contributed by atoms with Gasteiger partial charge in [-0.2, -0.15) is 0 Å². The van der Waals surface area contributed by atoms with Crippen molar-refractivity contribution < 1.29 is 14.3 Å². The van der Waals surface area contributed by atoms with Crippen LogP contribution in [0.4, 0.5) is 5.69 Å². The highest BCUT2D eigenvalue weighted by molar-refractivity contribution is 6.00. The second-order valence-corrected chi connectivity index (χ2v) is 6.93. The number of aromatic nitrogens is 1. The van der Waals surface area contributed by atoms with Crippen molar-refractivity contribution in [3.8, 4) is 5.75 Å². The molecule has 0 saturated carbocycles. The van der Waals surface area contributed by atoms with E-state index in [4.69, 9.17) is 4.74 Å². The molecule has 1 atom stereocenters. The van der Waals surface area contributed by atoms with Crippen LogP contribution < -0.4 is 15.0 Å². The van der Waals surface area contributed by atoms with E-state index in [0.717, 1.165) is 17.6 Å². The Bertz CT molecular complexity index is 1010. The van der Waals surface area contributed by atoms with Crippen molar-refractivity contribution in [2.24, 2.45) is 0 Å². The molecule has 0 saturated heterocycles. The van der Waals surface area contributed by atoms with Gasteiger partial charge in [-0.15, -0.1) is 0 Å². The van der Waals surface area contributed by atoms with Gasteiger partial charge in [0.1, 0.15) is 5.75 Å². The van der Waals surface area contributed by atoms with Crippen molar-refractivity contribution in [1.82, 2.24) is 10.3 Å². The van der Waals surface area contributed by atoms with E-state index >= 15 is 0 Å². The quantitative estimate of drug-likeness (QED) is 0.693. The molecule has 4 rings (SSSR count). The molecular formula is C22H23N3O3. The summed E-state index contributed by atoms with van der Waals surface area (Å²) in [5, 5.41) is 4.13. The molecule has 0 bridgehead atoms. The molecule has 28 heavy (non-hydrogen) atoms. The number of hydrogen-bond acceptors (Lipinski definition) is 3. The third kappa shape index (κ3) is 3.58. The standard InChI is InChI=1S/C22H23N3O3/c1-15-22(27)25(19-8-4-5-9-20(19)28-15)13-11-21(26)23-12-10-16-14-24-18-7-3-2-6-17(16)18/h2-9,14-15,24H,10-13H2,1H3,(H,23,26)/t15-/m0/s1. The van der Waals surface area contributed by atoms with Crippen LogP contribution in [0.3, 0.4) is 0 Å². The summed E-state index contributed by atoms with van der Waals surface area (Å²) < 4.78 is 5.63. The number of nitrogens with zero attached hydrogens (tertiary/aromatic N) is 1. The maximum Gasteiger partial charge on any atom is 0.267 e. The number of rotatable bonds is 6. The minimum Gasteiger partial charge on any atom is -0.479 e. The van der Waals surface area contributed by atoms with Crippen molar-refractivity contribution >= 4 is 28.4 Å². The summed E-state index contributed by atoms with van der Waals surface area (Å²) >= 11 is 0. The zero-order chi connectivity index (χ0) is 19.5. The lowest BCUT2D eigenvalue weighted by atomic mass is 10.1. The van der Waals surface area contributed by atoms with Gasteiger partial charge in [-0.1, -0.05) is 30.3 Å². The fourth-order valence-corrected chi connectivity index (χ4v) is 3.57. The van der Waals surface area contributed by atoms with E-state index in [0.29, 0.717) is 18.8 Å². The summed E-state index contributed by atoms with van der Waals surface area (Å²) in [7, 11) is 0. The highest BCUT2D eigenvalue weighted by atomic mass is 16.5. The molecule has 1 aliphatic rings. The third-order valence-electron chi connectivity index (χ3n) is 5.03. The fourth-order valence-electron chi connectivity index (χ4n) is 3.57. The van der Waals surface area contributed by atoms with Gasteiger partial charge < -0.3 is 19.9 Å². The lowest BCUT2D eigenvalue weighted by Crippen LogP contribution is -2.45. The number of fused-ring (bicyclic) bond motifs is 2. The first-order valence-corrected chi connectivity index (χ1v) is 9.52. The molecule has 2 N–H and O–H groups in total. The van der Waals surface area contributed by atoms with Gasteiger partial charge in [0.2, 0.25) is 5.91 Å². The summed E-state index contributed by atoms with van der Waals surface area (Å²) in [6, 6.07) is 15.5. The second kappa shape index (κ2) is 7.76. The molecule has 0 spiro atoms. The summed E-state index contributed by atoms with van der Waals surface area (Å²) in [4.78, 5) is 29.6. The fraction of sp³-hybridized carbons (Fsp3) is 0.273. The van der Waals surface area contributed by atoms with Gasteiger partial charge in [0, 0.05) is 36.6 Å². The number of aromatic amines is 1. The summed E-state index contributed by atoms with van der Waals surface area (Å²) in [6.07, 6.45) is 2.45. The molecule has 6 heteroatoms. The number of H-pyrrole nitrogens is 1. The lowest BCUT2D eigenvalue weighted by molar-refractivity contribution is -0.125. The number of ether oxygens (including phenoxy) is 1. The zero-order valence-electron chi connectivity index (χ0n) is 15.8. The molecule has 0 unspecified atom stereocenters. The van der Waals surface area contributed by atoms with E-state index in [9.17, 15) is 9.59 Å². The number of hydrogen-bond donors (Lipinski definition) is 2. The van der Waals surface area contributed by atoms with Crippen LogP contribution in [0, 0.1) is 0 Å². The Hall–Kier alpha value is -3.28. The first kappa shape index (κ1) is 18.1. The Morgan fingerprint density at radius 3 is 2.86 bits per heavy atom. The van der Waals surface area contributed by atoms with Gasteiger partial charge in [0.05, 0.1) is 5.69 Å². The molecule has 2 aromatic carbocycles. The van der Waals surface area contributed by atoms with Gasteiger partial charge in [0.25, 0.3) is 5.91 Å². The van der Waals surface area contributed by atoms with Gasteiger partial charge >= 0.3 is 0 Å². The maximum atomic E-state index is 12.5. The molecule has 144 valence electrons. The molecule has 0 fully saturated rings. The first-order chi connectivity index (χ1) is 13.6. The van der Waals surface area contributed by atoms with Crippen molar-refractivity contribution in [1.29, 1.82) is 0 Å². The molecule has 2 amide bonds. The summed E-state index contributed by atoms with van der Waals surface area (Å²) in [6.45, 7) is 2.62. The number of carbonyl (C=O) groups excluding carboxylic acids is 2. The van der Waals surface area contributed by atoms with Crippen LogP contribution in [-0.2, 0) is 16.0 Å². The highest BCUT2D eigenvalue weighted by Crippen LogP contribution is 2.33. The van der Waals surface area contributed by atoms with Crippen LogP contribution >= 0.6 is 0 Å². The molecule has 3 aromatic rings. The maximum absolute atomic E-state index is 12.5. The van der Waals surface area contributed by atoms with E-state index in [1.807, 2.05) is 48.7 Å². The van der Waals surface area contributed by atoms with Crippen LogP contribution in [-0.4, -0.2) is 36.0 Å². The highest BCUT2D eigenvalue weighted by Gasteiger charge is 2.31. The van der Waals surface area contributed by atoms with Crippen molar-refractivity contribution in [3.63, 3.8) is 0 Å². The smallest absolute Gasteiger partial charge is 0.267 e. The monoisotopic (exact) mass is 377 g/mol. The third-order valence-corrected chi connectivity index (χ3v) is 5.03. The van der Waals surface area contributed by atoms with Crippen LogP contribution in [0.2, 0.25) is 0 Å². The Balaban J connectivity index is 1.31. The van der Waals surface area contributed by atoms with Crippen LogP contribution in [0.5, 0.6) is 5.75 Å². The van der Waals surface area contributed by atoms with Gasteiger partial charge in [-0.05, 0) is 37.1 Å². The normalized spacial score (nSPS) is 16.0. The van der Waals surface area contributed by atoms with Gasteiger partial charge in [-0.3, -0.25) is 9.59 Å². The average Bonchev–Trinajstić information content (AvgIpc) is 3.12. The number of para-hydroxylation sites is 3. The number of benzene rings is 2. The Morgan fingerprint density at radius 2 is 1.96 bits per heavy atom. The Morgan fingerprint density at radius 1 is 1.18 bits per heavy atom. The second-order valence-electron chi connectivity index (χ2n) is 6.93. The lowest BCUT2D eigenvalue weighted by Gasteiger charge is -2.32. The molecular weight excluding hydrogens is 354 g/mol. The molecule has 2 heterocycles. The molecule has 0 radical (unpaired) electrons. The van der Waals surface area contributed by atoms with Crippen molar-refractivity contribution in [2.75, 3.05) is 18.0 Å². The van der Waals surface area contributed by atoms with Crippen molar-refractivity contribution in [2.45, 2.75) is 25.9 Å². The van der Waals surface area contributed by atoms with Gasteiger partial charge in [0.15, 0.2) is 6.10 Å². The van der Waals surface area contributed by atoms with E-state index in [2.05, 4.69) is 16.4 Å².